The molecule has 6 heteroatoms. The van der Waals surface area contributed by atoms with Crippen LogP contribution in [-0.4, -0.2) is 23.8 Å². The second-order valence-electron chi connectivity index (χ2n) is 5.23. The lowest BCUT2D eigenvalue weighted by Gasteiger charge is -2.30. The molecule has 1 unspecified atom stereocenters. The van der Waals surface area contributed by atoms with Gasteiger partial charge < -0.3 is 15.2 Å². The first-order chi connectivity index (χ1) is 8.71. The number of ether oxygens (including phenoxy) is 1. The zero-order valence-corrected chi connectivity index (χ0v) is 12.5. The molecule has 2 N–H and O–H groups in total. The first-order valence-electron chi connectivity index (χ1n) is 5.78. The van der Waals surface area contributed by atoms with Crippen molar-refractivity contribution in [3.63, 3.8) is 0 Å². The highest BCUT2D eigenvalue weighted by molar-refractivity contribution is 6.42. The third-order valence-corrected chi connectivity index (χ3v) is 3.47. The van der Waals surface area contributed by atoms with E-state index in [4.69, 9.17) is 33.0 Å². The molecule has 0 aliphatic carbocycles. The van der Waals surface area contributed by atoms with Crippen molar-refractivity contribution >= 4 is 29.3 Å². The van der Waals surface area contributed by atoms with Gasteiger partial charge in [0.25, 0.3) is 0 Å². The van der Waals surface area contributed by atoms with Gasteiger partial charge in [0.1, 0.15) is 17.4 Å². The summed E-state index contributed by atoms with van der Waals surface area (Å²) >= 11 is 11.9. The van der Waals surface area contributed by atoms with Gasteiger partial charge in [-0.25, -0.2) is 4.79 Å². The SMILES string of the molecule is CC(C)(C)C(COc1cccc(Cl)c1Cl)NC(=O)O. The van der Waals surface area contributed by atoms with E-state index in [-0.39, 0.29) is 18.1 Å². The number of hydrogen-bond acceptors (Lipinski definition) is 2. The minimum atomic E-state index is -1.08. The topological polar surface area (TPSA) is 58.6 Å². The first-order valence-corrected chi connectivity index (χ1v) is 6.53. The Labute approximate surface area is 122 Å². The Hall–Kier alpha value is -1.13. The van der Waals surface area contributed by atoms with E-state index in [1.165, 1.54) is 0 Å². The predicted molar refractivity (Wildman–Crippen MR) is 76.4 cm³/mol. The number of rotatable bonds is 4. The Morgan fingerprint density at radius 1 is 1.42 bits per heavy atom. The van der Waals surface area contributed by atoms with Gasteiger partial charge in [0.2, 0.25) is 0 Å². The number of halogens is 2. The van der Waals surface area contributed by atoms with Crippen LogP contribution >= 0.6 is 23.2 Å². The number of carbonyl (C=O) groups is 1. The smallest absolute Gasteiger partial charge is 0.405 e. The maximum absolute atomic E-state index is 10.8. The van der Waals surface area contributed by atoms with Gasteiger partial charge in [-0.05, 0) is 17.5 Å². The summed E-state index contributed by atoms with van der Waals surface area (Å²) in [6.07, 6.45) is -1.08. The van der Waals surface area contributed by atoms with E-state index < -0.39 is 6.09 Å². The van der Waals surface area contributed by atoms with E-state index >= 15 is 0 Å². The standard InChI is InChI=1S/C13H17Cl2NO3/c1-13(2,3)10(16-12(17)18)7-19-9-6-4-5-8(14)11(9)15/h4-6,10,16H,7H2,1-3H3,(H,17,18). The summed E-state index contributed by atoms with van der Waals surface area (Å²) in [7, 11) is 0. The summed E-state index contributed by atoms with van der Waals surface area (Å²) in [6.45, 7) is 5.96. The number of hydrogen-bond donors (Lipinski definition) is 2. The molecule has 0 fully saturated rings. The fourth-order valence-electron chi connectivity index (χ4n) is 1.43. The van der Waals surface area contributed by atoms with Crippen LogP contribution in [-0.2, 0) is 0 Å². The highest BCUT2D eigenvalue weighted by atomic mass is 35.5. The molecule has 0 aromatic heterocycles. The Kier molecular flexibility index (Phi) is 5.32. The molecule has 0 saturated carbocycles. The lowest BCUT2D eigenvalue weighted by Crippen LogP contribution is -2.47. The van der Waals surface area contributed by atoms with Crippen molar-refractivity contribution in [3.8, 4) is 5.75 Å². The molecule has 1 aromatic rings. The van der Waals surface area contributed by atoms with Crippen molar-refractivity contribution in [2.24, 2.45) is 5.41 Å². The van der Waals surface area contributed by atoms with Crippen molar-refractivity contribution in [1.29, 1.82) is 0 Å². The summed E-state index contributed by atoms with van der Waals surface area (Å²) in [5.74, 6) is 0.440. The van der Waals surface area contributed by atoms with Crippen molar-refractivity contribution in [1.82, 2.24) is 5.32 Å². The highest BCUT2D eigenvalue weighted by Crippen LogP contribution is 2.32. The Bertz CT molecular complexity index is 458. The van der Waals surface area contributed by atoms with Crippen LogP contribution in [0.2, 0.25) is 10.0 Å². The Morgan fingerprint density at radius 3 is 2.58 bits per heavy atom. The highest BCUT2D eigenvalue weighted by Gasteiger charge is 2.27. The molecule has 0 aliphatic heterocycles. The molecule has 1 amide bonds. The second-order valence-corrected chi connectivity index (χ2v) is 6.02. The van der Waals surface area contributed by atoms with Crippen LogP contribution in [0, 0.1) is 5.41 Å². The van der Waals surface area contributed by atoms with Crippen molar-refractivity contribution < 1.29 is 14.6 Å². The summed E-state index contributed by atoms with van der Waals surface area (Å²) in [4.78, 5) is 10.8. The molecule has 0 spiro atoms. The third-order valence-electron chi connectivity index (χ3n) is 2.66. The molecule has 4 nitrogen and oxygen atoms in total. The molecule has 0 heterocycles. The third kappa shape index (κ3) is 4.80. The second kappa shape index (κ2) is 6.35. The molecular formula is C13H17Cl2NO3. The minimum absolute atomic E-state index is 0.176. The van der Waals surface area contributed by atoms with Gasteiger partial charge in [0, 0.05) is 0 Å². The van der Waals surface area contributed by atoms with Crippen LogP contribution in [0.4, 0.5) is 4.79 Å². The van der Waals surface area contributed by atoms with Gasteiger partial charge in [0.15, 0.2) is 0 Å². The van der Waals surface area contributed by atoms with Gasteiger partial charge in [-0.1, -0.05) is 50.0 Å². The number of amides is 1. The van der Waals surface area contributed by atoms with E-state index in [9.17, 15) is 4.79 Å². The average molecular weight is 306 g/mol. The molecule has 0 saturated heterocycles. The molecule has 19 heavy (non-hydrogen) atoms. The van der Waals surface area contributed by atoms with Crippen LogP contribution in [0.25, 0.3) is 0 Å². The normalized spacial score (nSPS) is 12.9. The summed E-state index contributed by atoms with van der Waals surface area (Å²) in [6, 6.07) is 4.71. The minimum Gasteiger partial charge on any atom is -0.490 e. The first kappa shape index (κ1) is 15.9. The summed E-state index contributed by atoms with van der Waals surface area (Å²) in [5, 5.41) is 12.0. The number of nitrogens with one attached hydrogen (secondary N) is 1. The molecule has 0 radical (unpaired) electrons. The van der Waals surface area contributed by atoms with E-state index in [2.05, 4.69) is 5.32 Å². The Balaban J connectivity index is 2.76. The van der Waals surface area contributed by atoms with Crippen molar-refractivity contribution in [3.05, 3.63) is 28.2 Å². The molecule has 106 valence electrons. The van der Waals surface area contributed by atoms with Crippen LogP contribution in [0.3, 0.4) is 0 Å². The van der Waals surface area contributed by atoms with Gasteiger partial charge in [-0.15, -0.1) is 0 Å². The van der Waals surface area contributed by atoms with Crippen molar-refractivity contribution in [2.45, 2.75) is 26.8 Å². The predicted octanol–water partition coefficient (Wildman–Crippen LogP) is 4.05. The lowest BCUT2D eigenvalue weighted by molar-refractivity contribution is 0.147. The summed E-state index contributed by atoms with van der Waals surface area (Å²) < 4.78 is 5.56. The van der Waals surface area contributed by atoms with Crippen LogP contribution < -0.4 is 10.1 Å². The van der Waals surface area contributed by atoms with Crippen molar-refractivity contribution in [2.75, 3.05) is 6.61 Å². The van der Waals surface area contributed by atoms with E-state index in [0.29, 0.717) is 15.8 Å². The van der Waals surface area contributed by atoms with E-state index in [0.717, 1.165) is 0 Å². The van der Waals surface area contributed by atoms with E-state index in [1.54, 1.807) is 18.2 Å². The van der Waals surface area contributed by atoms with E-state index in [1.807, 2.05) is 20.8 Å². The summed E-state index contributed by atoms with van der Waals surface area (Å²) in [5.41, 5.74) is -0.274. The maximum Gasteiger partial charge on any atom is 0.405 e. The Morgan fingerprint density at radius 2 is 2.05 bits per heavy atom. The van der Waals surface area contributed by atoms with Crippen LogP contribution in [0.5, 0.6) is 5.75 Å². The van der Waals surface area contributed by atoms with Gasteiger partial charge in [-0.2, -0.15) is 0 Å². The molecule has 0 bridgehead atoms. The fraction of sp³-hybridized carbons (Fsp3) is 0.462. The van der Waals surface area contributed by atoms with Crippen LogP contribution in [0.1, 0.15) is 20.8 Å². The monoisotopic (exact) mass is 305 g/mol. The lowest BCUT2D eigenvalue weighted by atomic mass is 9.87. The fourth-order valence-corrected chi connectivity index (χ4v) is 1.77. The van der Waals surface area contributed by atoms with Gasteiger partial charge >= 0.3 is 6.09 Å². The van der Waals surface area contributed by atoms with Gasteiger partial charge in [-0.3, -0.25) is 0 Å². The molecular weight excluding hydrogens is 289 g/mol. The average Bonchev–Trinajstić information content (AvgIpc) is 2.27. The zero-order chi connectivity index (χ0) is 14.6. The maximum atomic E-state index is 10.8. The molecule has 1 aromatic carbocycles. The molecule has 0 aliphatic rings. The molecule has 1 rings (SSSR count). The van der Waals surface area contributed by atoms with Gasteiger partial charge in [0.05, 0.1) is 11.1 Å². The largest absolute Gasteiger partial charge is 0.490 e. The number of carboxylic acid groups (broad SMARTS) is 1. The number of benzene rings is 1. The van der Waals surface area contributed by atoms with Crippen LogP contribution in [0.15, 0.2) is 18.2 Å². The quantitative estimate of drug-likeness (QED) is 0.882. The molecule has 1 atom stereocenters. The zero-order valence-electron chi connectivity index (χ0n) is 11.0.